The van der Waals surface area contributed by atoms with Crippen LogP contribution in [0.4, 0.5) is 0 Å². The summed E-state index contributed by atoms with van der Waals surface area (Å²) < 4.78 is 16.6. The molecule has 0 spiro atoms. The van der Waals surface area contributed by atoms with E-state index >= 15 is 0 Å². The first kappa shape index (κ1) is 31.8. The smallest absolute Gasteiger partial charge is 0.243 e. The Bertz CT molecular complexity index is 2200. The number of fused-ring (bicyclic) bond motifs is 4. The molecule has 6 heteroatoms. The third-order valence-electron chi connectivity index (χ3n) is 9.42. The Hall–Kier alpha value is -4.21. The third-order valence-corrected chi connectivity index (χ3v) is 9.42. The number of ether oxygens (including phenoxy) is 1. The molecule has 0 radical (unpaired) electrons. The average Bonchev–Trinajstić information content (AvgIpc) is 3.60. The van der Waals surface area contributed by atoms with Crippen molar-refractivity contribution in [1.82, 2.24) is 9.55 Å². The first-order chi connectivity index (χ1) is 21.4. The second-order valence-electron chi connectivity index (χ2n) is 13.8. The Morgan fingerprint density at radius 2 is 1.54 bits per heavy atom. The molecular formula is C40H37N3O2Pt-2. The van der Waals surface area contributed by atoms with Crippen LogP contribution in [-0.2, 0) is 37.4 Å². The molecule has 5 nitrogen and oxygen atoms in total. The number of hydrogen-bond acceptors (Lipinski definition) is 3. The standard InChI is InChI=1S/C40H37N3O2.Pt/c1-38(2,3)27-21-22-41-37(23-27)39(4,5)40(6,7)43-26-42(33-16-9-10-17-34(33)43)28-13-12-14-29(24-28)44-30-19-20-32-31-15-8-11-18-35(31)45-36(32)25-30;/h8-18,20-23,25H,1-7H3;/q-2;. The molecule has 236 valence electrons. The van der Waals surface area contributed by atoms with Gasteiger partial charge in [0.25, 0.3) is 0 Å². The predicted octanol–water partition coefficient (Wildman–Crippen LogP) is 9.41. The zero-order chi connectivity index (χ0) is 31.6. The molecule has 3 aromatic heterocycles. The second kappa shape index (κ2) is 11.5. The van der Waals surface area contributed by atoms with Crippen LogP contribution in [-0.4, -0.2) is 9.55 Å². The van der Waals surface area contributed by atoms with Crippen molar-refractivity contribution < 1.29 is 34.8 Å². The summed E-state index contributed by atoms with van der Waals surface area (Å²) in [5.41, 5.74) is 6.18. The zero-order valence-corrected chi connectivity index (χ0v) is 29.5. The van der Waals surface area contributed by atoms with Crippen LogP contribution < -0.4 is 9.30 Å². The van der Waals surface area contributed by atoms with Crippen molar-refractivity contribution in [3.63, 3.8) is 0 Å². The fourth-order valence-electron chi connectivity index (χ4n) is 5.94. The maximum absolute atomic E-state index is 6.27. The van der Waals surface area contributed by atoms with Crippen molar-refractivity contribution >= 4 is 33.0 Å². The van der Waals surface area contributed by atoms with E-state index in [-0.39, 0.29) is 31.9 Å². The van der Waals surface area contributed by atoms with E-state index in [9.17, 15) is 0 Å². The number of rotatable bonds is 6. The molecule has 0 fully saturated rings. The average molecular weight is 787 g/mol. The molecule has 0 unspecified atom stereocenters. The van der Waals surface area contributed by atoms with Crippen molar-refractivity contribution in [1.29, 1.82) is 0 Å². The summed E-state index contributed by atoms with van der Waals surface area (Å²) in [7, 11) is 0. The zero-order valence-electron chi connectivity index (χ0n) is 27.2. The second-order valence-corrected chi connectivity index (χ2v) is 13.8. The number of benzene rings is 4. The topological polar surface area (TPSA) is 44.1 Å². The molecule has 0 atom stereocenters. The Kier molecular flexibility index (Phi) is 7.97. The van der Waals surface area contributed by atoms with Gasteiger partial charge in [-0.1, -0.05) is 80.4 Å². The van der Waals surface area contributed by atoms with Crippen molar-refractivity contribution in [2.75, 3.05) is 0 Å². The Morgan fingerprint density at radius 1 is 0.783 bits per heavy atom. The van der Waals surface area contributed by atoms with Gasteiger partial charge in [-0.25, -0.2) is 0 Å². The van der Waals surface area contributed by atoms with Crippen LogP contribution in [0.5, 0.6) is 11.5 Å². The predicted molar refractivity (Wildman–Crippen MR) is 179 cm³/mol. The SMILES string of the molecule is CC(C)(C)c1ccnc(C(C)(C)C(C)(C)[n+]2[c-]n(-c3[c-]c(Oc4[c-]cc5c(c4)oc4ccccc45)ccc3)c3ccccc32)c1.[Pt]. The van der Waals surface area contributed by atoms with Crippen LogP contribution in [0.3, 0.4) is 0 Å². The first-order valence-electron chi connectivity index (χ1n) is 15.4. The van der Waals surface area contributed by atoms with Gasteiger partial charge < -0.3 is 18.3 Å². The fraction of sp³-hybridized carbons (Fsp3) is 0.250. The van der Waals surface area contributed by atoms with Gasteiger partial charge in [0.05, 0.1) is 22.3 Å². The van der Waals surface area contributed by atoms with Gasteiger partial charge in [0.2, 0.25) is 6.33 Å². The van der Waals surface area contributed by atoms with E-state index in [1.807, 2.05) is 54.7 Å². The molecule has 46 heavy (non-hydrogen) atoms. The minimum Gasteiger partial charge on any atom is -0.510 e. The third kappa shape index (κ3) is 5.35. The Morgan fingerprint density at radius 3 is 2.35 bits per heavy atom. The Labute approximate surface area is 285 Å². The van der Waals surface area contributed by atoms with Gasteiger partial charge in [0, 0.05) is 49.8 Å². The molecule has 0 saturated carbocycles. The quantitative estimate of drug-likeness (QED) is 0.125. The summed E-state index contributed by atoms with van der Waals surface area (Å²) in [5.74, 6) is 1.15. The molecular weight excluding hydrogens is 750 g/mol. The van der Waals surface area contributed by atoms with Crippen molar-refractivity contribution in [3.8, 4) is 17.2 Å². The molecule has 0 aliphatic heterocycles. The van der Waals surface area contributed by atoms with Crippen molar-refractivity contribution in [3.05, 3.63) is 127 Å². The van der Waals surface area contributed by atoms with Crippen LogP contribution in [0, 0.1) is 18.5 Å². The normalized spacial score (nSPS) is 12.5. The van der Waals surface area contributed by atoms with E-state index in [1.54, 1.807) is 0 Å². The number of imidazole rings is 1. The maximum atomic E-state index is 6.27. The van der Waals surface area contributed by atoms with Crippen LogP contribution in [0.15, 0.2) is 102 Å². The maximum Gasteiger partial charge on any atom is 0.243 e. The number of nitrogens with zero attached hydrogens (tertiary/aromatic N) is 3. The number of pyridine rings is 1. The van der Waals surface area contributed by atoms with Crippen LogP contribution >= 0.6 is 0 Å². The van der Waals surface area contributed by atoms with Gasteiger partial charge in [-0.2, -0.15) is 18.2 Å². The van der Waals surface area contributed by atoms with Crippen LogP contribution in [0.2, 0.25) is 0 Å². The number of para-hydroxylation sites is 3. The van der Waals surface area contributed by atoms with Gasteiger partial charge in [-0.3, -0.25) is 4.98 Å². The van der Waals surface area contributed by atoms with Gasteiger partial charge in [-0.05, 0) is 62.3 Å². The molecule has 0 amide bonds. The summed E-state index contributed by atoms with van der Waals surface area (Å²) in [6.45, 7) is 15.8. The van der Waals surface area contributed by atoms with Gasteiger partial charge in [-0.15, -0.1) is 18.2 Å². The summed E-state index contributed by atoms with van der Waals surface area (Å²) >= 11 is 0. The number of aromatic nitrogens is 3. The van der Waals surface area contributed by atoms with E-state index in [2.05, 4.69) is 119 Å². The number of hydrogen-bond donors (Lipinski definition) is 0. The van der Waals surface area contributed by atoms with Gasteiger partial charge in [0.15, 0.2) is 0 Å². The molecule has 4 aromatic carbocycles. The summed E-state index contributed by atoms with van der Waals surface area (Å²) in [6, 6.07) is 37.2. The first-order valence-corrected chi connectivity index (χ1v) is 15.4. The molecule has 7 rings (SSSR count). The molecule has 3 heterocycles. The molecule has 0 saturated heterocycles. The monoisotopic (exact) mass is 786 g/mol. The largest absolute Gasteiger partial charge is 0.510 e. The minimum absolute atomic E-state index is 0. The fourth-order valence-corrected chi connectivity index (χ4v) is 5.94. The summed E-state index contributed by atoms with van der Waals surface area (Å²) in [6.07, 6.45) is 5.63. The Balaban J connectivity index is 0.00000372. The van der Waals surface area contributed by atoms with E-state index in [0.717, 1.165) is 44.4 Å². The van der Waals surface area contributed by atoms with Crippen molar-refractivity contribution in [2.24, 2.45) is 0 Å². The molecule has 0 N–H and O–H groups in total. The van der Waals surface area contributed by atoms with Crippen LogP contribution in [0.25, 0.3) is 38.7 Å². The molecule has 0 bridgehead atoms. The van der Waals surface area contributed by atoms with E-state index < -0.39 is 5.54 Å². The minimum atomic E-state index is -0.396. The number of furan rings is 1. The van der Waals surface area contributed by atoms with Gasteiger partial charge in [0.1, 0.15) is 5.58 Å². The molecule has 0 aliphatic rings. The van der Waals surface area contributed by atoms with Crippen molar-refractivity contribution in [2.45, 2.75) is 64.8 Å². The van der Waals surface area contributed by atoms with E-state index in [0.29, 0.717) is 11.5 Å². The van der Waals surface area contributed by atoms with E-state index in [4.69, 9.17) is 14.1 Å². The summed E-state index contributed by atoms with van der Waals surface area (Å²) in [4.78, 5) is 4.88. The van der Waals surface area contributed by atoms with Gasteiger partial charge >= 0.3 is 0 Å². The van der Waals surface area contributed by atoms with E-state index in [1.165, 1.54) is 5.56 Å². The molecule has 7 aromatic rings. The van der Waals surface area contributed by atoms with Crippen LogP contribution in [0.1, 0.15) is 59.7 Å². The molecule has 0 aliphatic carbocycles. The summed E-state index contributed by atoms with van der Waals surface area (Å²) in [5, 5.41) is 2.08.